The van der Waals surface area contributed by atoms with E-state index >= 15 is 0 Å². The molecule has 0 fully saturated rings. The van der Waals surface area contributed by atoms with E-state index in [2.05, 4.69) is 30.6 Å². The van der Waals surface area contributed by atoms with Crippen molar-refractivity contribution in [3.8, 4) is 5.88 Å². The largest absolute Gasteiger partial charge is 0.480 e. The summed E-state index contributed by atoms with van der Waals surface area (Å²) >= 11 is 3.18. The summed E-state index contributed by atoms with van der Waals surface area (Å²) in [4.78, 5) is 7.79. The molecule has 6 nitrogen and oxygen atoms in total. The molecule has 0 aliphatic rings. The number of halogens is 1. The van der Waals surface area contributed by atoms with E-state index in [0.717, 1.165) is 0 Å². The fraction of sp³-hybridized carbons (Fsp3) is 0.0909. The van der Waals surface area contributed by atoms with Gasteiger partial charge in [-0.2, -0.15) is 0 Å². The molecule has 2 rings (SSSR count). The number of aromatic nitrogens is 2. The molecule has 2 heterocycles. The van der Waals surface area contributed by atoms with Gasteiger partial charge < -0.3 is 4.74 Å². The van der Waals surface area contributed by atoms with Crippen LogP contribution < -0.4 is 9.46 Å². The third kappa shape index (κ3) is 3.21. The molecule has 0 saturated carbocycles. The molecule has 0 radical (unpaired) electrons. The van der Waals surface area contributed by atoms with Crippen molar-refractivity contribution in [1.82, 2.24) is 9.97 Å². The predicted molar refractivity (Wildman–Crippen MR) is 73.5 cm³/mol. The van der Waals surface area contributed by atoms with Crippen LogP contribution in [-0.4, -0.2) is 25.5 Å². The van der Waals surface area contributed by atoms with E-state index in [0.29, 0.717) is 4.47 Å². The predicted octanol–water partition coefficient (Wildman–Crippen LogP) is 2.05. The Morgan fingerprint density at radius 3 is 2.84 bits per heavy atom. The van der Waals surface area contributed by atoms with E-state index in [9.17, 15) is 8.42 Å². The van der Waals surface area contributed by atoms with Crippen LogP contribution in [0.3, 0.4) is 0 Å². The van der Waals surface area contributed by atoms with E-state index in [1.807, 2.05) is 0 Å². The standard InChI is InChI=1S/C11H10BrN3O3S/c1-18-11-10(3-2-4-14-11)15-19(16,17)9-5-8(12)6-13-7-9/h2-7,15H,1H3. The van der Waals surface area contributed by atoms with Crippen LogP contribution in [-0.2, 0) is 10.0 Å². The lowest BCUT2D eigenvalue weighted by molar-refractivity contribution is 0.400. The number of ether oxygens (including phenoxy) is 1. The maximum absolute atomic E-state index is 12.2. The van der Waals surface area contributed by atoms with Crippen LogP contribution in [0.25, 0.3) is 0 Å². The molecule has 0 bridgehead atoms. The molecular formula is C11H10BrN3O3S. The lowest BCUT2D eigenvalue weighted by Gasteiger charge is -2.10. The van der Waals surface area contributed by atoms with Gasteiger partial charge in [0.05, 0.1) is 7.11 Å². The number of sulfonamides is 1. The molecule has 0 atom stereocenters. The molecule has 19 heavy (non-hydrogen) atoms. The Labute approximate surface area is 119 Å². The smallest absolute Gasteiger partial charge is 0.263 e. The first-order valence-electron chi connectivity index (χ1n) is 5.15. The minimum Gasteiger partial charge on any atom is -0.480 e. The quantitative estimate of drug-likeness (QED) is 0.918. The van der Waals surface area contributed by atoms with Gasteiger partial charge in [-0.15, -0.1) is 0 Å². The number of nitrogens with zero attached hydrogens (tertiary/aromatic N) is 2. The molecule has 0 aliphatic carbocycles. The summed E-state index contributed by atoms with van der Waals surface area (Å²) in [6, 6.07) is 4.63. The fourth-order valence-corrected chi connectivity index (χ4v) is 2.94. The Kier molecular flexibility index (Phi) is 4.01. The molecule has 0 saturated heterocycles. The zero-order valence-corrected chi connectivity index (χ0v) is 12.3. The average molecular weight is 344 g/mol. The number of nitrogens with one attached hydrogen (secondary N) is 1. The number of hydrogen-bond donors (Lipinski definition) is 1. The van der Waals surface area contributed by atoms with E-state index in [1.54, 1.807) is 12.1 Å². The zero-order chi connectivity index (χ0) is 13.9. The van der Waals surface area contributed by atoms with E-state index in [1.165, 1.54) is 31.8 Å². The number of pyridine rings is 2. The third-order valence-corrected chi connectivity index (χ3v) is 3.97. The van der Waals surface area contributed by atoms with E-state index in [4.69, 9.17) is 4.74 Å². The summed E-state index contributed by atoms with van der Waals surface area (Å²) in [6.07, 6.45) is 4.27. The lowest BCUT2D eigenvalue weighted by Crippen LogP contribution is -2.14. The Balaban J connectivity index is 2.37. The summed E-state index contributed by atoms with van der Waals surface area (Å²) in [5, 5.41) is 0. The van der Waals surface area contributed by atoms with Crippen molar-refractivity contribution < 1.29 is 13.2 Å². The topological polar surface area (TPSA) is 81.2 Å². The Morgan fingerprint density at radius 1 is 1.37 bits per heavy atom. The van der Waals surface area contributed by atoms with Crippen LogP contribution in [0.15, 0.2) is 46.2 Å². The zero-order valence-electron chi connectivity index (χ0n) is 9.87. The average Bonchev–Trinajstić information content (AvgIpc) is 2.39. The highest BCUT2D eigenvalue weighted by Crippen LogP contribution is 2.24. The number of methoxy groups -OCH3 is 1. The highest BCUT2D eigenvalue weighted by atomic mass is 79.9. The molecule has 2 aromatic rings. The van der Waals surface area contributed by atoms with Crippen molar-refractivity contribution in [3.05, 3.63) is 41.3 Å². The SMILES string of the molecule is COc1ncccc1NS(=O)(=O)c1cncc(Br)c1. The molecule has 8 heteroatoms. The molecule has 0 aliphatic heterocycles. The first-order chi connectivity index (χ1) is 9.03. The third-order valence-electron chi connectivity index (χ3n) is 2.20. The second-order valence-corrected chi connectivity index (χ2v) is 6.10. The molecule has 2 aromatic heterocycles. The van der Waals surface area contributed by atoms with Crippen LogP contribution in [0, 0.1) is 0 Å². The highest BCUT2D eigenvalue weighted by Gasteiger charge is 2.17. The summed E-state index contributed by atoms with van der Waals surface area (Å²) in [7, 11) is -2.31. The van der Waals surface area contributed by atoms with Crippen molar-refractivity contribution in [2.75, 3.05) is 11.8 Å². The van der Waals surface area contributed by atoms with Crippen LogP contribution >= 0.6 is 15.9 Å². The van der Waals surface area contributed by atoms with Gasteiger partial charge in [0.2, 0.25) is 5.88 Å². The van der Waals surface area contributed by atoms with Gasteiger partial charge in [0.25, 0.3) is 10.0 Å². The molecular weight excluding hydrogens is 334 g/mol. The lowest BCUT2D eigenvalue weighted by atomic mass is 10.4. The molecule has 1 N–H and O–H groups in total. The molecule has 100 valence electrons. The van der Waals surface area contributed by atoms with Gasteiger partial charge in [-0.1, -0.05) is 0 Å². The molecule has 0 spiro atoms. The minimum absolute atomic E-state index is 0.0489. The van der Waals surface area contributed by atoms with Gasteiger partial charge in [-0.25, -0.2) is 13.4 Å². The first-order valence-corrected chi connectivity index (χ1v) is 7.43. The van der Waals surface area contributed by atoms with Crippen molar-refractivity contribution in [1.29, 1.82) is 0 Å². The van der Waals surface area contributed by atoms with Gasteiger partial charge in [-0.3, -0.25) is 9.71 Å². The molecule has 0 aromatic carbocycles. The Hall–Kier alpha value is -1.67. The van der Waals surface area contributed by atoms with Crippen molar-refractivity contribution >= 4 is 31.6 Å². The van der Waals surface area contributed by atoms with Gasteiger partial charge >= 0.3 is 0 Å². The second kappa shape index (κ2) is 5.54. The van der Waals surface area contributed by atoms with Gasteiger partial charge in [0.15, 0.2) is 0 Å². The maximum Gasteiger partial charge on any atom is 0.263 e. The Bertz CT molecular complexity index is 691. The van der Waals surface area contributed by atoms with Crippen LogP contribution in [0.1, 0.15) is 0 Å². The minimum atomic E-state index is -3.73. The van der Waals surface area contributed by atoms with Gasteiger partial charge in [0, 0.05) is 23.1 Å². The second-order valence-electron chi connectivity index (χ2n) is 3.50. The normalized spacial score (nSPS) is 11.1. The molecule has 0 unspecified atom stereocenters. The summed E-state index contributed by atoms with van der Waals surface area (Å²) in [6.45, 7) is 0. The van der Waals surface area contributed by atoms with Crippen LogP contribution in [0.4, 0.5) is 5.69 Å². The summed E-state index contributed by atoms with van der Waals surface area (Å²) < 4.78 is 32.3. The first kappa shape index (κ1) is 13.8. The number of anilines is 1. The summed E-state index contributed by atoms with van der Waals surface area (Å²) in [5.74, 6) is 0.203. The number of rotatable bonds is 4. The fourth-order valence-electron chi connectivity index (χ4n) is 1.37. The monoisotopic (exact) mass is 343 g/mol. The van der Waals surface area contributed by atoms with Crippen molar-refractivity contribution in [2.45, 2.75) is 4.90 Å². The van der Waals surface area contributed by atoms with E-state index < -0.39 is 10.0 Å². The van der Waals surface area contributed by atoms with Crippen molar-refractivity contribution in [2.24, 2.45) is 0 Å². The van der Waals surface area contributed by atoms with Crippen LogP contribution in [0.2, 0.25) is 0 Å². The van der Waals surface area contributed by atoms with Crippen LogP contribution in [0.5, 0.6) is 5.88 Å². The van der Waals surface area contributed by atoms with Crippen molar-refractivity contribution in [3.63, 3.8) is 0 Å². The highest BCUT2D eigenvalue weighted by molar-refractivity contribution is 9.10. The summed E-state index contributed by atoms with van der Waals surface area (Å²) in [5.41, 5.74) is 0.268. The Morgan fingerprint density at radius 2 is 2.16 bits per heavy atom. The van der Waals surface area contributed by atoms with E-state index in [-0.39, 0.29) is 16.5 Å². The maximum atomic E-state index is 12.2. The van der Waals surface area contributed by atoms with Gasteiger partial charge in [0.1, 0.15) is 10.6 Å². The number of hydrogen-bond acceptors (Lipinski definition) is 5. The molecule has 0 amide bonds. The van der Waals surface area contributed by atoms with Gasteiger partial charge in [-0.05, 0) is 34.1 Å².